The Kier molecular flexibility index (Phi) is 4.88. The molecule has 0 bridgehead atoms. The van der Waals surface area contributed by atoms with Gasteiger partial charge >= 0.3 is 0 Å². The molecule has 21 heavy (non-hydrogen) atoms. The first-order valence-corrected chi connectivity index (χ1v) is 7.69. The number of rotatable bonds is 4. The van der Waals surface area contributed by atoms with E-state index in [4.69, 9.17) is 0 Å². The van der Waals surface area contributed by atoms with Gasteiger partial charge in [-0.15, -0.1) is 0 Å². The van der Waals surface area contributed by atoms with Gasteiger partial charge in [-0.3, -0.25) is 4.79 Å². The van der Waals surface area contributed by atoms with Crippen molar-refractivity contribution in [3.63, 3.8) is 0 Å². The molecule has 4 heteroatoms. The van der Waals surface area contributed by atoms with Crippen LogP contribution in [0.1, 0.15) is 37.0 Å². The van der Waals surface area contributed by atoms with Crippen molar-refractivity contribution >= 4 is 11.6 Å². The molecular formula is C17H27N3O. The Morgan fingerprint density at radius 1 is 1.33 bits per heavy atom. The van der Waals surface area contributed by atoms with Crippen molar-refractivity contribution in [1.82, 2.24) is 10.6 Å². The molecular weight excluding hydrogens is 262 g/mol. The minimum absolute atomic E-state index is 0.00322. The maximum absolute atomic E-state index is 12.2. The summed E-state index contributed by atoms with van der Waals surface area (Å²) in [5.74, 6) is 0.00322. The number of piperidine rings is 1. The zero-order valence-corrected chi connectivity index (χ0v) is 13.6. The number of carbonyl (C=O) groups excluding carboxylic acids is 1. The fraction of sp³-hybridized carbons (Fsp3) is 0.588. The summed E-state index contributed by atoms with van der Waals surface area (Å²) in [6.07, 6.45) is 2.42. The van der Waals surface area contributed by atoms with Crippen LogP contribution in [-0.4, -0.2) is 39.1 Å². The van der Waals surface area contributed by atoms with Gasteiger partial charge in [-0.25, -0.2) is 0 Å². The molecule has 1 fully saturated rings. The van der Waals surface area contributed by atoms with Crippen LogP contribution in [0.25, 0.3) is 0 Å². The highest BCUT2D eigenvalue weighted by molar-refractivity contribution is 5.94. The average molecular weight is 289 g/mol. The summed E-state index contributed by atoms with van der Waals surface area (Å²) in [7, 11) is 3.98. The fourth-order valence-corrected chi connectivity index (χ4v) is 2.83. The Balaban J connectivity index is 1.92. The number of nitrogens with one attached hydrogen (secondary N) is 2. The summed E-state index contributed by atoms with van der Waals surface area (Å²) < 4.78 is 0. The smallest absolute Gasteiger partial charge is 0.251 e. The van der Waals surface area contributed by atoms with Crippen LogP contribution in [0.5, 0.6) is 0 Å². The second-order valence-corrected chi connectivity index (χ2v) is 6.75. The maximum atomic E-state index is 12.2. The first-order valence-electron chi connectivity index (χ1n) is 7.69. The van der Waals surface area contributed by atoms with Crippen molar-refractivity contribution < 1.29 is 4.79 Å². The lowest BCUT2D eigenvalue weighted by Gasteiger charge is -2.39. The summed E-state index contributed by atoms with van der Waals surface area (Å²) in [4.78, 5) is 14.3. The third-order valence-electron chi connectivity index (χ3n) is 4.44. The SMILES string of the molecule is CN(C)c1ccc(C(=O)NCC2NCCCC2(C)C)cc1. The number of nitrogens with zero attached hydrogens (tertiary/aromatic N) is 1. The zero-order valence-electron chi connectivity index (χ0n) is 13.6. The molecule has 0 radical (unpaired) electrons. The molecule has 1 atom stereocenters. The normalized spacial score (nSPS) is 20.9. The number of hydrogen-bond acceptors (Lipinski definition) is 3. The van der Waals surface area contributed by atoms with Crippen molar-refractivity contribution in [1.29, 1.82) is 0 Å². The molecule has 1 aliphatic rings. The van der Waals surface area contributed by atoms with E-state index in [0.717, 1.165) is 12.2 Å². The number of carbonyl (C=O) groups is 1. The Hall–Kier alpha value is -1.55. The third-order valence-corrected chi connectivity index (χ3v) is 4.44. The van der Waals surface area contributed by atoms with E-state index < -0.39 is 0 Å². The molecule has 1 aromatic rings. The van der Waals surface area contributed by atoms with Gasteiger partial charge in [-0.1, -0.05) is 13.8 Å². The molecule has 1 aliphatic heterocycles. The summed E-state index contributed by atoms with van der Waals surface area (Å²) in [6.45, 7) is 6.26. The second-order valence-electron chi connectivity index (χ2n) is 6.75. The summed E-state index contributed by atoms with van der Waals surface area (Å²) in [5.41, 5.74) is 2.05. The van der Waals surface area contributed by atoms with E-state index in [2.05, 4.69) is 24.5 Å². The van der Waals surface area contributed by atoms with Crippen LogP contribution in [0.3, 0.4) is 0 Å². The fourth-order valence-electron chi connectivity index (χ4n) is 2.83. The van der Waals surface area contributed by atoms with E-state index in [0.29, 0.717) is 18.2 Å². The molecule has 116 valence electrons. The third kappa shape index (κ3) is 3.97. The van der Waals surface area contributed by atoms with Gasteiger partial charge in [0.1, 0.15) is 0 Å². The van der Waals surface area contributed by atoms with E-state index >= 15 is 0 Å². The highest BCUT2D eigenvalue weighted by atomic mass is 16.1. The molecule has 1 saturated heterocycles. The van der Waals surface area contributed by atoms with Crippen LogP contribution in [0.4, 0.5) is 5.69 Å². The molecule has 4 nitrogen and oxygen atoms in total. The van der Waals surface area contributed by atoms with Crippen molar-refractivity contribution in [2.45, 2.75) is 32.7 Å². The minimum atomic E-state index is 0.00322. The zero-order chi connectivity index (χ0) is 15.5. The van der Waals surface area contributed by atoms with Crippen molar-refractivity contribution in [3.8, 4) is 0 Å². The number of hydrogen-bond donors (Lipinski definition) is 2. The summed E-state index contributed by atoms with van der Waals surface area (Å²) in [6, 6.07) is 8.04. The van der Waals surface area contributed by atoms with Gasteiger partial charge in [0.05, 0.1) is 0 Å². The molecule has 0 aliphatic carbocycles. The Morgan fingerprint density at radius 2 is 2.00 bits per heavy atom. The van der Waals surface area contributed by atoms with Gasteiger partial charge in [0, 0.05) is 37.9 Å². The molecule has 2 rings (SSSR count). The lowest BCUT2D eigenvalue weighted by molar-refractivity contribution is 0.0929. The topological polar surface area (TPSA) is 44.4 Å². The number of benzene rings is 1. The van der Waals surface area contributed by atoms with Crippen molar-refractivity contribution in [2.75, 3.05) is 32.1 Å². The standard InChI is InChI=1S/C17H27N3O/c1-17(2)10-5-11-18-15(17)12-19-16(21)13-6-8-14(9-7-13)20(3)4/h6-9,15,18H,5,10-12H2,1-4H3,(H,19,21). The highest BCUT2D eigenvalue weighted by Gasteiger charge is 2.31. The van der Waals surface area contributed by atoms with Gasteiger partial charge in [0.2, 0.25) is 0 Å². The van der Waals surface area contributed by atoms with E-state index in [-0.39, 0.29) is 11.3 Å². The van der Waals surface area contributed by atoms with Crippen LogP contribution < -0.4 is 15.5 Å². The van der Waals surface area contributed by atoms with Gasteiger partial charge in [0.15, 0.2) is 0 Å². The first-order chi connectivity index (χ1) is 9.90. The van der Waals surface area contributed by atoms with Crippen LogP contribution in [-0.2, 0) is 0 Å². The van der Waals surface area contributed by atoms with Crippen LogP contribution in [0, 0.1) is 5.41 Å². The first kappa shape index (κ1) is 15.8. The van der Waals surface area contributed by atoms with Gasteiger partial charge in [0.25, 0.3) is 5.91 Å². The lowest BCUT2D eigenvalue weighted by atomic mass is 9.77. The summed E-state index contributed by atoms with van der Waals surface area (Å²) in [5, 5.41) is 6.58. The summed E-state index contributed by atoms with van der Waals surface area (Å²) >= 11 is 0. The lowest BCUT2D eigenvalue weighted by Crippen LogP contribution is -2.52. The van der Waals surface area contributed by atoms with Gasteiger partial charge in [-0.2, -0.15) is 0 Å². The van der Waals surface area contributed by atoms with Crippen LogP contribution in [0.2, 0.25) is 0 Å². The van der Waals surface area contributed by atoms with E-state index in [1.165, 1.54) is 12.8 Å². The average Bonchev–Trinajstić information content (AvgIpc) is 2.45. The molecule has 1 aromatic carbocycles. The van der Waals surface area contributed by atoms with Crippen molar-refractivity contribution in [2.24, 2.45) is 5.41 Å². The van der Waals surface area contributed by atoms with E-state index in [1.807, 2.05) is 43.3 Å². The molecule has 0 spiro atoms. The van der Waals surface area contributed by atoms with Gasteiger partial charge < -0.3 is 15.5 Å². The maximum Gasteiger partial charge on any atom is 0.251 e. The number of amides is 1. The molecule has 1 unspecified atom stereocenters. The highest BCUT2D eigenvalue weighted by Crippen LogP contribution is 2.29. The molecule has 0 saturated carbocycles. The largest absolute Gasteiger partial charge is 0.378 e. The Labute approximate surface area is 127 Å². The van der Waals surface area contributed by atoms with Crippen LogP contribution >= 0.6 is 0 Å². The molecule has 1 amide bonds. The number of anilines is 1. The van der Waals surface area contributed by atoms with Gasteiger partial charge in [-0.05, 0) is 49.1 Å². The molecule has 0 aromatic heterocycles. The van der Waals surface area contributed by atoms with Crippen LogP contribution in [0.15, 0.2) is 24.3 Å². The molecule has 1 heterocycles. The van der Waals surface area contributed by atoms with Crippen molar-refractivity contribution in [3.05, 3.63) is 29.8 Å². The monoisotopic (exact) mass is 289 g/mol. The predicted octanol–water partition coefficient (Wildman–Crippen LogP) is 2.26. The minimum Gasteiger partial charge on any atom is -0.378 e. The quantitative estimate of drug-likeness (QED) is 0.893. The van der Waals surface area contributed by atoms with E-state index in [1.54, 1.807) is 0 Å². The molecule has 2 N–H and O–H groups in total. The Bertz CT molecular complexity index is 479. The van der Waals surface area contributed by atoms with E-state index in [9.17, 15) is 4.79 Å². The Morgan fingerprint density at radius 3 is 2.57 bits per heavy atom. The predicted molar refractivity (Wildman–Crippen MR) is 87.9 cm³/mol. The second kappa shape index (κ2) is 6.48.